The van der Waals surface area contributed by atoms with Crippen LogP contribution < -0.4 is 4.43 Å². The van der Waals surface area contributed by atoms with E-state index >= 15 is 0 Å². The summed E-state index contributed by atoms with van der Waals surface area (Å²) in [4.78, 5) is 9.10. The second-order valence-electron chi connectivity index (χ2n) is 6.51. The molecule has 0 amide bonds. The number of aromatic nitrogens is 2. The largest absolute Gasteiger partial charge is 0.543 e. The number of aryl methyl sites for hydroxylation is 1. The summed E-state index contributed by atoms with van der Waals surface area (Å²) in [6.07, 6.45) is 3.69. The van der Waals surface area contributed by atoms with Crippen LogP contribution in [0.3, 0.4) is 0 Å². The van der Waals surface area contributed by atoms with Crippen LogP contribution in [0.15, 0.2) is 53.8 Å². The highest BCUT2D eigenvalue weighted by Crippen LogP contribution is 2.29. The van der Waals surface area contributed by atoms with E-state index in [1.54, 1.807) is 0 Å². The Balaban J connectivity index is 1.97. The van der Waals surface area contributed by atoms with Gasteiger partial charge in [0.25, 0.3) is 0 Å². The summed E-state index contributed by atoms with van der Waals surface area (Å²) in [6, 6.07) is 14.0. The van der Waals surface area contributed by atoms with E-state index < -0.39 is 8.32 Å². The Hall–Kier alpha value is -2.40. The van der Waals surface area contributed by atoms with Crippen molar-refractivity contribution in [3.05, 3.63) is 54.4 Å². The number of hydrogen-bond donors (Lipinski definition) is 0. The van der Waals surface area contributed by atoms with Gasteiger partial charge in [-0.2, -0.15) is 0 Å². The lowest BCUT2D eigenvalue weighted by molar-refractivity contribution is 0.559. The standard InChI is InChI=1S/C18H21N3OSi/c1-21-13-20-18-14(8-7-10-16(18)21)12-19-15-9-5-6-11-17(15)22-23(2,3)4/h5-13H,1-4H3/b19-12-. The molecule has 2 aromatic carbocycles. The second-order valence-corrected chi connectivity index (χ2v) is 10.9. The molecule has 0 radical (unpaired) electrons. The first-order valence-electron chi connectivity index (χ1n) is 7.66. The summed E-state index contributed by atoms with van der Waals surface area (Å²) in [7, 11) is 0.326. The van der Waals surface area contributed by atoms with Gasteiger partial charge in [-0.15, -0.1) is 0 Å². The van der Waals surface area contributed by atoms with Crippen LogP contribution in [-0.2, 0) is 7.05 Å². The molecular weight excluding hydrogens is 302 g/mol. The maximum absolute atomic E-state index is 6.12. The SMILES string of the molecule is Cn1cnc2c(/C=N\c3ccccc3O[Si](C)(C)C)cccc21. The first-order valence-corrected chi connectivity index (χ1v) is 11.1. The molecular formula is C18H21N3OSi. The van der Waals surface area contributed by atoms with E-state index in [1.165, 1.54) is 0 Å². The summed E-state index contributed by atoms with van der Waals surface area (Å²) in [5, 5.41) is 0. The minimum atomic E-state index is -1.67. The van der Waals surface area contributed by atoms with E-state index in [4.69, 9.17) is 4.43 Å². The van der Waals surface area contributed by atoms with Crippen LogP contribution in [-0.4, -0.2) is 24.1 Å². The van der Waals surface area contributed by atoms with Crippen molar-refractivity contribution in [3.63, 3.8) is 0 Å². The second kappa shape index (κ2) is 6.00. The molecule has 4 nitrogen and oxygen atoms in total. The van der Waals surface area contributed by atoms with Crippen molar-refractivity contribution in [1.82, 2.24) is 9.55 Å². The van der Waals surface area contributed by atoms with Gasteiger partial charge in [-0.3, -0.25) is 4.99 Å². The van der Waals surface area contributed by atoms with Gasteiger partial charge in [-0.25, -0.2) is 4.98 Å². The molecule has 0 bridgehead atoms. The van der Waals surface area contributed by atoms with Gasteiger partial charge in [-0.1, -0.05) is 24.3 Å². The van der Waals surface area contributed by atoms with Gasteiger partial charge in [0.1, 0.15) is 11.4 Å². The monoisotopic (exact) mass is 323 g/mol. The fourth-order valence-electron chi connectivity index (χ4n) is 2.40. The van der Waals surface area contributed by atoms with Crippen LogP contribution in [0, 0.1) is 0 Å². The van der Waals surface area contributed by atoms with Crippen LogP contribution >= 0.6 is 0 Å². The molecule has 0 saturated carbocycles. The summed E-state index contributed by atoms with van der Waals surface area (Å²) in [5.41, 5.74) is 3.91. The Bertz CT molecular complexity index is 862. The Morgan fingerprint density at radius 3 is 2.65 bits per heavy atom. The number of rotatable bonds is 4. The molecule has 0 atom stereocenters. The van der Waals surface area contributed by atoms with Gasteiger partial charge in [0.05, 0.1) is 17.4 Å². The first-order chi connectivity index (χ1) is 10.9. The summed E-state index contributed by atoms with van der Waals surface area (Å²) in [6.45, 7) is 6.51. The molecule has 5 heteroatoms. The quantitative estimate of drug-likeness (QED) is 0.522. The molecule has 0 fully saturated rings. The van der Waals surface area contributed by atoms with Crippen molar-refractivity contribution >= 4 is 31.3 Å². The van der Waals surface area contributed by atoms with Crippen LogP contribution in [0.25, 0.3) is 11.0 Å². The van der Waals surface area contributed by atoms with E-state index in [0.29, 0.717) is 0 Å². The molecule has 0 N–H and O–H groups in total. The van der Waals surface area contributed by atoms with E-state index in [2.05, 4.69) is 35.7 Å². The maximum atomic E-state index is 6.12. The Kier molecular flexibility index (Phi) is 4.04. The number of imidazole rings is 1. The van der Waals surface area contributed by atoms with Crippen LogP contribution in [0.1, 0.15) is 5.56 Å². The van der Waals surface area contributed by atoms with Crippen molar-refractivity contribution < 1.29 is 4.43 Å². The number of fused-ring (bicyclic) bond motifs is 1. The van der Waals surface area contributed by atoms with Gasteiger partial charge in [0.15, 0.2) is 0 Å². The lowest BCUT2D eigenvalue weighted by atomic mass is 10.2. The van der Waals surface area contributed by atoms with Gasteiger partial charge in [0, 0.05) is 18.8 Å². The Morgan fingerprint density at radius 1 is 1.09 bits per heavy atom. The lowest BCUT2D eigenvalue weighted by Crippen LogP contribution is -2.29. The highest BCUT2D eigenvalue weighted by atomic mass is 28.4. The topological polar surface area (TPSA) is 39.4 Å². The highest BCUT2D eigenvalue weighted by molar-refractivity contribution is 6.70. The average Bonchev–Trinajstić information content (AvgIpc) is 2.87. The van der Waals surface area contributed by atoms with Gasteiger partial charge >= 0.3 is 0 Å². The molecule has 3 aromatic rings. The summed E-state index contributed by atoms with van der Waals surface area (Å²) in [5.74, 6) is 0.844. The third-order valence-corrected chi connectivity index (χ3v) is 4.24. The molecule has 118 valence electrons. The fourth-order valence-corrected chi connectivity index (χ4v) is 3.24. The van der Waals surface area contributed by atoms with Crippen molar-refractivity contribution in [1.29, 1.82) is 0 Å². The first kappa shape index (κ1) is 15.5. The van der Waals surface area contributed by atoms with E-state index in [-0.39, 0.29) is 0 Å². The summed E-state index contributed by atoms with van der Waals surface area (Å²) < 4.78 is 8.13. The predicted molar refractivity (Wildman–Crippen MR) is 98.4 cm³/mol. The zero-order valence-corrected chi connectivity index (χ0v) is 14.9. The molecule has 0 aliphatic rings. The molecule has 0 saturated heterocycles. The van der Waals surface area contributed by atoms with Crippen molar-refractivity contribution in [2.75, 3.05) is 0 Å². The van der Waals surface area contributed by atoms with Gasteiger partial charge in [-0.05, 0) is 37.8 Å². The zero-order valence-electron chi connectivity index (χ0n) is 13.9. The van der Waals surface area contributed by atoms with Crippen molar-refractivity contribution in [2.24, 2.45) is 12.0 Å². The van der Waals surface area contributed by atoms with Crippen LogP contribution in [0.5, 0.6) is 5.75 Å². The van der Waals surface area contributed by atoms with E-state index in [1.807, 2.05) is 60.6 Å². The smallest absolute Gasteiger partial charge is 0.242 e. The molecule has 1 heterocycles. The number of aliphatic imine (C=N–C) groups is 1. The maximum Gasteiger partial charge on any atom is 0.242 e. The molecule has 0 spiro atoms. The Labute approximate surface area is 137 Å². The minimum Gasteiger partial charge on any atom is -0.543 e. The number of hydrogen-bond acceptors (Lipinski definition) is 3. The molecule has 0 aliphatic carbocycles. The lowest BCUT2D eigenvalue weighted by Gasteiger charge is -2.20. The normalized spacial score (nSPS) is 12.2. The van der Waals surface area contributed by atoms with Crippen LogP contribution in [0.2, 0.25) is 19.6 Å². The zero-order chi connectivity index (χ0) is 16.4. The third-order valence-electron chi connectivity index (χ3n) is 3.41. The van der Waals surface area contributed by atoms with E-state index in [0.717, 1.165) is 28.0 Å². The molecule has 0 unspecified atom stereocenters. The predicted octanol–water partition coefficient (Wildman–Crippen LogP) is 4.54. The summed E-state index contributed by atoms with van der Waals surface area (Å²) >= 11 is 0. The number of para-hydroxylation sites is 3. The molecule has 0 aliphatic heterocycles. The fraction of sp³-hybridized carbons (Fsp3) is 0.222. The van der Waals surface area contributed by atoms with E-state index in [9.17, 15) is 0 Å². The van der Waals surface area contributed by atoms with Crippen molar-refractivity contribution in [3.8, 4) is 5.75 Å². The molecule has 1 aromatic heterocycles. The van der Waals surface area contributed by atoms with Gasteiger partial charge in [0.2, 0.25) is 8.32 Å². The average molecular weight is 323 g/mol. The Morgan fingerprint density at radius 2 is 1.87 bits per heavy atom. The third kappa shape index (κ3) is 3.51. The molecule has 3 rings (SSSR count). The van der Waals surface area contributed by atoms with Gasteiger partial charge < -0.3 is 8.99 Å². The van der Waals surface area contributed by atoms with Crippen LogP contribution in [0.4, 0.5) is 5.69 Å². The number of benzene rings is 2. The number of nitrogens with zero attached hydrogens (tertiary/aromatic N) is 3. The molecule has 23 heavy (non-hydrogen) atoms. The minimum absolute atomic E-state index is 0.844. The highest BCUT2D eigenvalue weighted by Gasteiger charge is 2.17. The van der Waals surface area contributed by atoms with Crippen molar-refractivity contribution in [2.45, 2.75) is 19.6 Å².